The number of thioether (sulfide) groups is 1. The number of ether oxygens (including phenoxy) is 2. The van der Waals surface area contributed by atoms with E-state index in [1.807, 2.05) is 6.92 Å². The molecule has 164 valence electrons. The summed E-state index contributed by atoms with van der Waals surface area (Å²) < 4.78 is 11.4. The van der Waals surface area contributed by atoms with Gasteiger partial charge in [-0.3, -0.25) is 4.79 Å². The van der Waals surface area contributed by atoms with Crippen LogP contribution in [0.15, 0.2) is 29.4 Å². The van der Waals surface area contributed by atoms with Gasteiger partial charge in [-0.15, -0.1) is 11.8 Å². The van der Waals surface area contributed by atoms with Crippen LogP contribution in [0.25, 0.3) is 0 Å². The number of carbonyl (C=O) groups is 1. The third-order valence-corrected chi connectivity index (χ3v) is 5.93. The first kappa shape index (κ1) is 23.1. The van der Waals surface area contributed by atoms with Crippen molar-refractivity contribution in [2.75, 3.05) is 5.75 Å². The van der Waals surface area contributed by atoms with E-state index in [0.29, 0.717) is 12.1 Å². The highest BCUT2D eigenvalue weighted by Crippen LogP contribution is 2.46. The van der Waals surface area contributed by atoms with Gasteiger partial charge in [0.25, 0.3) is 0 Å². The molecule has 1 aromatic heterocycles. The molecule has 0 radical (unpaired) electrons. The van der Waals surface area contributed by atoms with Crippen molar-refractivity contribution in [1.82, 2.24) is 9.97 Å². The van der Waals surface area contributed by atoms with Crippen LogP contribution in [0.1, 0.15) is 77.6 Å². The maximum absolute atomic E-state index is 11.6. The van der Waals surface area contributed by atoms with Crippen molar-refractivity contribution in [2.24, 2.45) is 0 Å². The van der Waals surface area contributed by atoms with E-state index >= 15 is 0 Å². The molecule has 31 heavy (non-hydrogen) atoms. The van der Waals surface area contributed by atoms with Crippen molar-refractivity contribution in [3.63, 3.8) is 0 Å². The minimum Gasteiger partial charge on any atom is -0.487 e. The number of aromatic nitrogens is 2. The molecular formula is C25H30N2O3S. The first-order valence-corrected chi connectivity index (χ1v) is 11.7. The van der Waals surface area contributed by atoms with Gasteiger partial charge in [0, 0.05) is 22.4 Å². The van der Waals surface area contributed by atoms with E-state index in [1.54, 1.807) is 11.8 Å². The third kappa shape index (κ3) is 5.80. The van der Waals surface area contributed by atoms with Gasteiger partial charge >= 0.3 is 5.97 Å². The number of hydrogen-bond donors (Lipinski definition) is 0. The zero-order valence-corrected chi connectivity index (χ0v) is 20.0. The molecule has 0 atom stereocenters. The summed E-state index contributed by atoms with van der Waals surface area (Å²) >= 11 is 1.75. The fourth-order valence-corrected chi connectivity index (χ4v) is 4.74. The molecule has 3 rings (SSSR count). The van der Waals surface area contributed by atoms with Gasteiger partial charge < -0.3 is 9.47 Å². The van der Waals surface area contributed by atoms with Crippen LogP contribution < -0.4 is 9.47 Å². The molecule has 0 N–H and O–H groups in total. The normalized spacial score (nSPS) is 15.8. The molecule has 1 aromatic carbocycles. The first-order chi connectivity index (χ1) is 14.6. The smallest absolute Gasteiger partial charge is 0.312 e. The summed E-state index contributed by atoms with van der Waals surface area (Å²) in [5, 5.41) is 0. The Morgan fingerprint density at radius 2 is 1.94 bits per heavy atom. The summed E-state index contributed by atoms with van der Waals surface area (Å²) in [6.45, 7) is 12.8. The van der Waals surface area contributed by atoms with Gasteiger partial charge in [0.2, 0.25) is 5.88 Å². The molecule has 2 aromatic rings. The van der Waals surface area contributed by atoms with Crippen molar-refractivity contribution in [1.29, 1.82) is 0 Å². The average molecular weight is 439 g/mol. The number of fused-ring (bicyclic) bond motifs is 1. The van der Waals surface area contributed by atoms with Crippen LogP contribution in [0, 0.1) is 11.8 Å². The van der Waals surface area contributed by atoms with Gasteiger partial charge in [-0.05, 0) is 55.9 Å². The predicted octanol–water partition coefficient (Wildman–Crippen LogP) is 5.53. The van der Waals surface area contributed by atoms with Crippen molar-refractivity contribution in [3.05, 3.63) is 41.3 Å². The van der Waals surface area contributed by atoms with E-state index in [2.05, 4.69) is 68.6 Å². The Kier molecular flexibility index (Phi) is 6.96. The summed E-state index contributed by atoms with van der Waals surface area (Å²) in [6.07, 6.45) is 4.99. The van der Waals surface area contributed by atoms with Crippen molar-refractivity contribution < 1.29 is 14.3 Å². The van der Waals surface area contributed by atoms with Crippen molar-refractivity contribution in [2.45, 2.75) is 76.7 Å². The van der Waals surface area contributed by atoms with Gasteiger partial charge in [-0.25, -0.2) is 9.97 Å². The van der Waals surface area contributed by atoms with E-state index in [0.717, 1.165) is 34.8 Å². The standard InChI is InChI=1S/C25H30N2O3S/c1-7-9-23(28)29-22-15-26-18(14-27-22)11-10-17-12-19-20(13-21(17)31-8-2)30-25(5,6)16-24(19,3)4/h12-15H,7-9,16H2,1-6H3. The van der Waals surface area contributed by atoms with Crippen LogP contribution in [-0.4, -0.2) is 27.3 Å². The van der Waals surface area contributed by atoms with Gasteiger partial charge in [0.05, 0.1) is 12.4 Å². The molecule has 0 saturated heterocycles. The maximum atomic E-state index is 11.6. The number of esters is 1. The van der Waals surface area contributed by atoms with Crippen LogP contribution >= 0.6 is 11.8 Å². The molecule has 0 fully saturated rings. The van der Waals surface area contributed by atoms with Crippen LogP contribution in [0.3, 0.4) is 0 Å². The highest BCUT2D eigenvalue weighted by molar-refractivity contribution is 7.99. The Labute approximate surface area is 189 Å². The second-order valence-corrected chi connectivity index (χ2v) is 10.2. The Morgan fingerprint density at radius 3 is 2.58 bits per heavy atom. The largest absolute Gasteiger partial charge is 0.487 e. The molecule has 0 amide bonds. The number of hydrogen-bond acceptors (Lipinski definition) is 6. The summed E-state index contributed by atoms with van der Waals surface area (Å²) in [4.78, 5) is 21.1. The fourth-order valence-electron chi connectivity index (χ4n) is 3.98. The predicted molar refractivity (Wildman–Crippen MR) is 124 cm³/mol. The number of nitrogens with zero attached hydrogens (tertiary/aromatic N) is 2. The highest BCUT2D eigenvalue weighted by atomic mass is 32.2. The highest BCUT2D eigenvalue weighted by Gasteiger charge is 2.39. The molecule has 0 bridgehead atoms. The average Bonchev–Trinajstić information content (AvgIpc) is 2.67. The van der Waals surface area contributed by atoms with Crippen LogP contribution in [0.4, 0.5) is 0 Å². The zero-order valence-electron chi connectivity index (χ0n) is 19.2. The number of benzene rings is 1. The quantitative estimate of drug-likeness (QED) is 0.347. The lowest BCUT2D eigenvalue weighted by Gasteiger charge is -2.42. The van der Waals surface area contributed by atoms with Crippen LogP contribution in [0.2, 0.25) is 0 Å². The molecule has 0 unspecified atom stereocenters. The summed E-state index contributed by atoms with van der Waals surface area (Å²) in [6, 6.07) is 4.28. The molecule has 1 aliphatic rings. The summed E-state index contributed by atoms with van der Waals surface area (Å²) in [7, 11) is 0. The molecule has 0 aliphatic carbocycles. The van der Waals surface area contributed by atoms with Crippen LogP contribution in [-0.2, 0) is 10.2 Å². The Bertz CT molecular complexity index is 1020. The molecule has 5 nitrogen and oxygen atoms in total. The second kappa shape index (κ2) is 9.32. The second-order valence-electron chi connectivity index (χ2n) is 8.91. The number of carbonyl (C=O) groups excluding carboxylic acids is 1. The van der Waals surface area contributed by atoms with E-state index in [9.17, 15) is 4.79 Å². The zero-order chi connectivity index (χ0) is 22.6. The van der Waals surface area contributed by atoms with E-state index in [-0.39, 0.29) is 22.9 Å². The third-order valence-electron chi connectivity index (χ3n) is 4.99. The Balaban J connectivity index is 1.90. The molecule has 6 heteroatoms. The molecule has 0 saturated carbocycles. The van der Waals surface area contributed by atoms with Gasteiger partial charge in [-0.1, -0.05) is 33.6 Å². The minimum atomic E-state index is -0.307. The fraction of sp³-hybridized carbons (Fsp3) is 0.480. The number of rotatable bonds is 5. The first-order valence-electron chi connectivity index (χ1n) is 10.7. The summed E-state index contributed by atoms with van der Waals surface area (Å²) in [5.74, 6) is 8.14. The van der Waals surface area contributed by atoms with Crippen molar-refractivity contribution in [3.8, 4) is 23.5 Å². The Morgan fingerprint density at radius 1 is 1.16 bits per heavy atom. The van der Waals surface area contributed by atoms with Crippen LogP contribution in [0.5, 0.6) is 11.6 Å². The minimum absolute atomic E-state index is 0.00720. The molecule has 0 spiro atoms. The van der Waals surface area contributed by atoms with E-state index in [4.69, 9.17) is 9.47 Å². The Hall–Kier alpha value is -2.52. The topological polar surface area (TPSA) is 61.3 Å². The van der Waals surface area contributed by atoms with E-state index < -0.39 is 0 Å². The summed E-state index contributed by atoms with van der Waals surface area (Å²) in [5.41, 5.74) is 2.46. The lowest BCUT2D eigenvalue weighted by Crippen LogP contribution is -2.41. The van der Waals surface area contributed by atoms with Gasteiger partial charge in [0.15, 0.2) is 0 Å². The van der Waals surface area contributed by atoms with E-state index in [1.165, 1.54) is 18.0 Å². The van der Waals surface area contributed by atoms with Gasteiger partial charge in [-0.2, -0.15) is 0 Å². The lowest BCUT2D eigenvalue weighted by atomic mass is 9.73. The molecule has 1 aliphatic heterocycles. The van der Waals surface area contributed by atoms with Crippen molar-refractivity contribution >= 4 is 17.7 Å². The SMILES string of the molecule is CCCC(=O)Oc1cnc(C#Cc2cc3c(cc2SCC)OC(C)(C)CC3(C)C)cn1. The molecule has 2 heterocycles. The maximum Gasteiger partial charge on any atom is 0.312 e. The monoisotopic (exact) mass is 438 g/mol. The lowest BCUT2D eigenvalue weighted by molar-refractivity contribution is -0.134. The van der Waals surface area contributed by atoms with Gasteiger partial charge in [0.1, 0.15) is 17.0 Å². The molecular weight excluding hydrogens is 408 g/mol.